The van der Waals surface area contributed by atoms with E-state index in [2.05, 4.69) is 5.32 Å². The Labute approximate surface area is 129 Å². The van der Waals surface area contributed by atoms with Crippen molar-refractivity contribution < 1.29 is 9.50 Å². The number of rotatable bonds is 6. The average Bonchev–Trinajstić information content (AvgIpc) is 2.47. The first kappa shape index (κ1) is 16.0. The zero-order valence-corrected chi connectivity index (χ0v) is 12.6. The van der Waals surface area contributed by atoms with Gasteiger partial charge in [0.15, 0.2) is 0 Å². The molecule has 0 fully saturated rings. The van der Waals surface area contributed by atoms with Crippen LogP contribution in [0.5, 0.6) is 0 Å². The molecule has 0 aliphatic carbocycles. The summed E-state index contributed by atoms with van der Waals surface area (Å²) in [6.07, 6.45) is 0.723. The Morgan fingerprint density at radius 3 is 2.52 bits per heavy atom. The summed E-state index contributed by atoms with van der Waals surface area (Å²) in [6, 6.07) is 14.2. The second kappa shape index (κ2) is 7.55. The summed E-state index contributed by atoms with van der Waals surface area (Å²) in [6.45, 7) is 1.98. The maximum atomic E-state index is 13.1. The monoisotopic (exact) mass is 307 g/mol. The van der Waals surface area contributed by atoms with E-state index >= 15 is 0 Å². The molecule has 2 aromatic rings. The Hall–Kier alpha value is -1.42. The minimum absolute atomic E-state index is 0.0258. The summed E-state index contributed by atoms with van der Waals surface area (Å²) >= 11 is 6.07. The third-order valence-corrected chi connectivity index (χ3v) is 3.79. The van der Waals surface area contributed by atoms with Gasteiger partial charge in [0, 0.05) is 17.1 Å². The normalized spacial score (nSPS) is 13.9. The SMILES string of the molecule is CC(N[C@H](CO)Cc1ccccc1)c1ccc(F)cc1Cl. The van der Waals surface area contributed by atoms with Crippen LogP contribution in [0.1, 0.15) is 24.1 Å². The molecule has 0 aliphatic rings. The van der Waals surface area contributed by atoms with Gasteiger partial charge in [-0.3, -0.25) is 0 Å². The van der Waals surface area contributed by atoms with Crippen LogP contribution in [0.3, 0.4) is 0 Å². The molecule has 0 aromatic heterocycles. The first-order valence-electron chi connectivity index (χ1n) is 6.96. The lowest BCUT2D eigenvalue weighted by Gasteiger charge is -2.23. The van der Waals surface area contributed by atoms with E-state index in [0.29, 0.717) is 5.02 Å². The van der Waals surface area contributed by atoms with Gasteiger partial charge in [-0.05, 0) is 36.6 Å². The standard InChI is InChI=1S/C17H19ClFNO/c1-12(16-8-7-14(19)10-17(16)18)20-15(11-21)9-13-5-3-2-4-6-13/h2-8,10,12,15,20-21H,9,11H2,1H3/t12?,15-/m0/s1. The molecule has 2 atom stereocenters. The van der Waals surface area contributed by atoms with Crippen molar-refractivity contribution in [1.82, 2.24) is 5.32 Å². The topological polar surface area (TPSA) is 32.3 Å². The Kier molecular flexibility index (Phi) is 5.74. The van der Waals surface area contributed by atoms with Gasteiger partial charge in [-0.2, -0.15) is 0 Å². The molecule has 0 amide bonds. The lowest BCUT2D eigenvalue weighted by atomic mass is 10.0. The highest BCUT2D eigenvalue weighted by molar-refractivity contribution is 6.31. The smallest absolute Gasteiger partial charge is 0.124 e. The van der Waals surface area contributed by atoms with Crippen LogP contribution in [0, 0.1) is 5.82 Å². The third-order valence-electron chi connectivity index (χ3n) is 3.46. The van der Waals surface area contributed by atoms with E-state index in [0.717, 1.165) is 17.5 Å². The molecule has 0 radical (unpaired) electrons. The molecular formula is C17H19ClFNO. The zero-order valence-electron chi connectivity index (χ0n) is 11.9. The molecule has 4 heteroatoms. The van der Waals surface area contributed by atoms with E-state index in [1.165, 1.54) is 12.1 Å². The summed E-state index contributed by atoms with van der Waals surface area (Å²) in [5.41, 5.74) is 1.98. The van der Waals surface area contributed by atoms with Gasteiger partial charge in [-0.15, -0.1) is 0 Å². The Morgan fingerprint density at radius 1 is 1.19 bits per heavy atom. The van der Waals surface area contributed by atoms with Crippen molar-refractivity contribution in [1.29, 1.82) is 0 Å². The third kappa shape index (κ3) is 4.53. The van der Waals surface area contributed by atoms with Crippen molar-refractivity contribution >= 4 is 11.6 Å². The van der Waals surface area contributed by atoms with Gasteiger partial charge in [0.05, 0.1) is 6.61 Å². The molecule has 2 nitrogen and oxygen atoms in total. The molecule has 0 heterocycles. The van der Waals surface area contributed by atoms with Gasteiger partial charge in [0.2, 0.25) is 0 Å². The van der Waals surface area contributed by atoms with Crippen LogP contribution in [-0.4, -0.2) is 17.8 Å². The summed E-state index contributed by atoms with van der Waals surface area (Å²) in [5, 5.41) is 13.3. The maximum Gasteiger partial charge on any atom is 0.124 e. The van der Waals surface area contributed by atoms with Gasteiger partial charge >= 0.3 is 0 Å². The van der Waals surface area contributed by atoms with Crippen molar-refractivity contribution in [3.8, 4) is 0 Å². The largest absolute Gasteiger partial charge is 0.395 e. The minimum atomic E-state index is -0.348. The molecule has 21 heavy (non-hydrogen) atoms. The Balaban J connectivity index is 2.04. The Bertz CT molecular complexity index is 576. The molecule has 2 N–H and O–H groups in total. The Morgan fingerprint density at radius 2 is 1.90 bits per heavy atom. The second-order valence-corrected chi connectivity index (χ2v) is 5.53. The summed E-state index contributed by atoms with van der Waals surface area (Å²) in [7, 11) is 0. The lowest BCUT2D eigenvalue weighted by Crippen LogP contribution is -2.36. The molecule has 0 bridgehead atoms. The van der Waals surface area contributed by atoms with Crippen molar-refractivity contribution in [3.63, 3.8) is 0 Å². The summed E-state index contributed by atoms with van der Waals surface area (Å²) < 4.78 is 13.1. The van der Waals surface area contributed by atoms with E-state index in [1.807, 2.05) is 37.3 Å². The van der Waals surface area contributed by atoms with Gasteiger partial charge in [-0.1, -0.05) is 48.0 Å². The average molecular weight is 308 g/mol. The quantitative estimate of drug-likeness (QED) is 0.852. The molecule has 1 unspecified atom stereocenters. The fraction of sp³-hybridized carbons (Fsp3) is 0.294. The molecule has 2 aromatic carbocycles. The van der Waals surface area contributed by atoms with E-state index in [4.69, 9.17) is 11.6 Å². The number of nitrogens with one attached hydrogen (secondary N) is 1. The first-order chi connectivity index (χ1) is 10.1. The van der Waals surface area contributed by atoms with Crippen LogP contribution in [0.25, 0.3) is 0 Å². The molecule has 2 rings (SSSR count). The highest BCUT2D eigenvalue weighted by Crippen LogP contribution is 2.24. The molecule has 0 aliphatic heterocycles. The summed E-state index contributed by atoms with van der Waals surface area (Å²) in [4.78, 5) is 0. The molecule has 0 spiro atoms. The molecule has 0 saturated heterocycles. The fourth-order valence-corrected chi connectivity index (χ4v) is 2.70. The van der Waals surface area contributed by atoms with Crippen molar-refractivity contribution in [3.05, 3.63) is 70.5 Å². The lowest BCUT2D eigenvalue weighted by molar-refractivity contribution is 0.232. The number of aliphatic hydroxyl groups is 1. The van der Waals surface area contributed by atoms with Crippen molar-refractivity contribution in [2.75, 3.05) is 6.61 Å². The number of hydrogen-bond donors (Lipinski definition) is 2. The number of aliphatic hydroxyl groups excluding tert-OH is 1. The van der Waals surface area contributed by atoms with Crippen LogP contribution in [0.4, 0.5) is 4.39 Å². The van der Waals surface area contributed by atoms with Crippen LogP contribution in [-0.2, 0) is 6.42 Å². The van der Waals surface area contributed by atoms with Crippen LogP contribution in [0.2, 0.25) is 5.02 Å². The number of benzene rings is 2. The van der Waals surface area contributed by atoms with Gasteiger partial charge in [0.1, 0.15) is 5.82 Å². The van der Waals surface area contributed by atoms with Crippen molar-refractivity contribution in [2.45, 2.75) is 25.4 Å². The highest BCUT2D eigenvalue weighted by atomic mass is 35.5. The van der Waals surface area contributed by atoms with Crippen molar-refractivity contribution in [2.24, 2.45) is 0 Å². The van der Waals surface area contributed by atoms with Crippen LogP contribution >= 0.6 is 11.6 Å². The second-order valence-electron chi connectivity index (χ2n) is 5.12. The molecular weight excluding hydrogens is 289 g/mol. The summed E-state index contributed by atoms with van der Waals surface area (Å²) in [5.74, 6) is -0.348. The van der Waals surface area contributed by atoms with E-state index < -0.39 is 0 Å². The van der Waals surface area contributed by atoms with Gasteiger partial charge in [0.25, 0.3) is 0 Å². The molecule has 0 saturated carbocycles. The first-order valence-corrected chi connectivity index (χ1v) is 7.33. The van der Waals surface area contributed by atoms with Gasteiger partial charge in [-0.25, -0.2) is 4.39 Å². The number of hydrogen-bond acceptors (Lipinski definition) is 2. The van der Waals surface area contributed by atoms with E-state index in [-0.39, 0.29) is 24.5 Å². The van der Waals surface area contributed by atoms with Crippen LogP contribution < -0.4 is 5.32 Å². The van der Waals surface area contributed by atoms with Gasteiger partial charge < -0.3 is 10.4 Å². The van der Waals surface area contributed by atoms with E-state index in [9.17, 15) is 9.50 Å². The molecule has 112 valence electrons. The predicted molar refractivity (Wildman–Crippen MR) is 84.0 cm³/mol. The minimum Gasteiger partial charge on any atom is -0.395 e. The number of halogens is 2. The van der Waals surface area contributed by atoms with E-state index in [1.54, 1.807) is 6.07 Å². The predicted octanol–water partition coefficient (Wildman–Crippen LogP) is 3.73. The fourth-order valence-electron chi connectivity index (χ4n) is 2.37. The maximum absolute atomic E-state index is 13.1. The zero-order chi connectivity index (χ0) is 15.2. The van der Waals surface area contributed by atoms with Crippen LogP contribution in [0.15, 0.2) is 48.5 Å². The highest BCUT2D eigenvalue weighted by Gasteiger charge is 2.15.